The van der Waals surface area contributed by atoms with E-state index in [0.717, 1.165) is 5.56 Å². The van der Waals surface area contributed by atoms with Crippen LogP contribution < -0.4 is 19.5 Å². The van der Waals surface area contributed by atoms with E-state index in [2.05, 4.69) is 10.3 Å². The van der Waals surface area contributed by atoms with Crippen molar-refractivity contribution >= 4 is 17.5 Å². The highest BCUT2D eigenvalue weighted by Crippen LogP contribution is 2.24. The van der Waals surface area contributed by atoms with Crippen LogP contribution in [0.3, 0.4) is 0 Å². The molecule has 144 valence electrons. The lowest BCUT2D eigenvalue weighted by Crippen LogP contribution is -2.23. The molecule has 0 aliphatic heterocycles. The predicted octanol–water partition coefficient (Wildman–Crippen LogP) is 4.47. The number of halogens is 1. The molecule has 0 spiro atoms. The number of benzene rings is 2. The van der Waals surface area contributed by atoms with Gasteiger partial charge >= 0.3 is 0 Å². The van der Waals surface area contributed by atoms with E-state index in [9.17, 15) is 4.79 Å². The molecule has 3 aromatic rings. The highest BCUT2D eigenvalue weighted by Gasteiger charge is 2.12. The molecule has 2 aromatic carbocycles. The zero-order valence-electron chi connectivity index (χ0n) is 15.4. The highest BCUT2D eigenvalue weighted by atomic mass is 35.5. The summed E-state index contributed by atoms with van der Waals surface area (Å²) in [5.41, 5.74) is 1.25. The minimum Gasteiger partial charge on any atom is -0.497 e. The Morgan fingerprint density at radius 1 is 1.04 bits per heavy atom. The zero-order chi connectivity index (χ0) is 19.9. The molecular formula is C21H19ClN2O4. The van der Waals surface area contributed by atoms with Crippen molar-refractivity contribution in [3.05, 3.63) is 76.9 Å². The molecular weight excluding hydrogens is 380 g/mol. The number of carbonyl (C=O) groups is 1. The van der Waals surface area contributed by atoms with E-state index in [1.54, 1.807) is 43.6 Å². The maximum Gasteiger partial charge on any atom is 0.255 e. The molecule has 28 heavy (non-hydrogen) atoms. The van der Waals surface area contributed by atoms with Crippen LogP contribution in [0.5, 0.6) is 23.1 Å². The van der Waals surface area contributed by atoms with Gasteiger partial charge < -0.3 is 19.5 Å². The van der Waals surface area contributed by atoms with Gasteiger partial charge in [0.1, 0.15) is 17.2 Å². The SMILES string of the molecule is COc1cccc(Oc2ccc(CNC(=O)c3ccc(Cl)cc3OC)cn2)c1. The lowest BCUT2D eigenvalue weighted by atomic mass is 10.2. The van der Waals surface area contributed by atoms with Crippen LogP contribution >= 0.6 is 11.6 Å². The smallest absolute Gasteiger partial charge is 0.255 e. The van der Waals surface area contributed by atoms with Crippen molar-refractivity contribution in [2.24, 2.45) is 0 Å². The molecule has 0 saturated carbocycles. The number of hydrogen-bond donors (Lipinski definition) is 1. The van der Waals surface area contributed by atoms with E-state index >= 15 is 0 Å². The number of amides is 1. The van der Waals surface area contributed by atoms with Gasteiger partial charge in [0.25, 0.3) is 5.91 Å². The summed E-state index contributed by atoms with van der Waals surface area (Å²) in [7, 11) is 3.09. The van der Waals surface area contributed by atoms with Gasteiger partial charge in [0.15, 0.2) is 0 Å². The van der Waals surface area contributed by atoms with E-state index in [-0.39, 0.29) is 5.91 Å². The monoisotopic (exact) mass is 398 g/mol. The minimum atomic E-state index is -0.259. The predicted molar refractivity (Wildman–Crippen MR) is 106 cm³/mol. The fourth-order valence-corrected chi connectivity index (χ4v) is 2.65. The third kappa shape index (κ3) is 4.92. The Morgan fingerprint density at radius 2 is 1.86 bits per heavy atom. The van der Waals surface area contributed by atoms with Crippen molar-refractivity contribution in [3.8, 4) is 23.1 Å². The first kappa shape index (κ1) is 19.5. The molecule has 1 heterocycles. The van der Waals surface area contributed by atoms with Crippen molar-refractivity contribution in [2.45, 2.75) is 6.54 Å². The van der Waals surface area contributed by atoms with Crippen LogP contribution in [0.15, 0.2) is 60.8 Å². The topological polar surface area (TPSA) is 69.7 Å². The maximum atomic E-state index is 12.4. The quantitative estimate of drug-likeness (QED) is 0.635. The molecule has 0 aliphatic rings. The summed E-state index contributed by atoms with van der Waals surface area (Å²) in [6.07, 6.45) is 1.65. The Labute approximate surface area is 168 Å². The van der Waals surface area contributed by atoms with Crippen LogP contribution in [0.1, 0.15) is 15.9 Å². The van der Waals surface area contributed by atoms with Crippen LogP contribution in [0.4, 0.5) is 0 Å². The van der Waals surface area contributed by atoms with Gasteiger partial charge in [-0.1, -0.05) is 23.7 Å². The Kier molecular flexibility index (Phi) is 6.34. The van der Waals surface area contributed by atoms with Crippen LogP contribution in [0, 0.1) is 0 Å². The number of carbonyl (C=O) groups excluding carboxylic acids is 1. The molecule has 3 rings (SSSR count). The van der Waals surface area contributed by atoms with Crippen molar-refractivity contribution in [2.75, 3.05) is 14.2 Å². The van der Waals surface area contributed by atoms with Crippen LogP contribution in [0.2, 0.25) is 5.02 Å². The number of pyridine rings is 1. The average molecular weight is 399 g/mol. The first-order valence-corrected chi connectivity index (χ1v) is 8.85. The molecule has 1 amide bonds. The summed E-state index contributed by atoms with van der Waals surface area (Å²) in [6.45, 7) is 0.317. The summed E-state index contributed by atoms with van der Waals surface area (Å²) < 4.78 is 16.1. The molecule has 0 bridgehead atoms. The Balaban J connectivity index is 1.60. The van der Waals surface area contributed by atoms with Crippen molar-refractivity contribution in [1.29, 1.82) is 0 Å². The van der Waals surface area contributed by atoms with Gasteiger partial charge in [-0.15, -0.1) is 0 Å². The fraction of sp³-hybridized carbons (Fsp3) is 0.143. The average Bonchev–Trinajstić information content (AvgIpc) is 2.73. The lowest BCUT2D eigenvalue weighted by Gasteiger charge is -2.10. The molecule has 7 heteroatoms. The summed E-state index contributed by atoms with van der Waals surface area (Å²) in [5.74, 6) is 1.94. The molecule has 6 nitrogen and oxygen atoms in total. The van der Waals surface area contributed by atoms with Crippen molar-refractivity contribution in [1.82, 2.24) is 10.3 Å². The summed E-state index contributed by atoms with van der Waals surface area (Å²) >= 11 is 5.92. The second kappa shape index (κ2) is 9.10. The molecule has 0 radical (unpaired) electrons. The molecule has 1 N–H and O–H groups in total. The van der Waals surface area contributed by atoms with Crippen LogP contribution in [0.25, 0.3) is 0 Å². The van der Waals surface area contributed by atoms with E-state index in [4.69, 9.17) is 25.8 Å². The van der Waals surface area contributed by atoms with E-state index in [1.165, 1.54) is 7.11 Å². The third-order valence-electron chi connectivity index (χ3n) is 3.92. The first-order chi connectivity index (χ1) is 13.6. The van der Waals surface area contributed by atoms with E-state index < -0.39 is 0 Å². The highest BCUT2D eigenvalue weighted by molar-refractivity contribution is 6.30. The Hall–Kier alpha value is -3.25. The number of ether oxygens (including phenoxy) is 3. The molecule has 0 saturated heterocycles. The second-order valence-electron chi connectivity index (χ2n) is 5.81. The minimum absolute atomic E-state index is 0.259. The number of nitrogens with zero attached hydrogens (tertiary/aromatic N) is 1. The lowest BCUT2D eigenvalue weighted by molar-refractivity contribution is 0.0948. The van der Waals surface area contributed by atoms with Gasteiger partial charge in [0, 0.05) is 29.9 Å². The van der Waals surface area contributed by atoms with Gasteiger partial charge in [-0.05, 0) is 35.9 Å². The normalized spacial score (nSPS) is 10.2. The third-order valence-corrected chi connectivity index (χ3v) is 4.16. The maximum absolute atomic E-state index is 12.4. The molecule has 0 aliphatic carbocycles. The van der Waals surface area contributed by atoms with Gasteiger partial charge in [-0.2, -0.15) is 0 Å². The molecule has 0 atom stereocenters. The summed E-state index contributed by atoms with van der Waals surface area (Å²) in [4.78, 5) is 16.7. The van der Waals surface area contributed by atoms with Crippen LogP contribution in [-0.4, -0.2) is 25.1 Å². The van der Waals surface area contributed by atoms with Crippen molar-refractivity contribution in [3.63, 3.8) is 0 Å². The van der Waals surface area contributed by atoms with Gasteiger partial charge in [-0.25, -0.2) is 4.98 Å². The number of nitrogens with one attached hydrogen (secondary N) is 1. The van der Waals surface area contributed by atoms with Gasteiger partial charge in [0.2, 0.25) is 5.88 Å². The number of hydrogen-bond acceptors (Lipinski definition) is 5. The first-order valence-electron chi connectivity index (χ1n) is 8.47. The van der Waals surface area contributed by atoms with Crippen molar-refractivity contribution < 1.29 is 19.0 Å². The van der Waals surface area contributed by atoms with Crippen LogP contribution in [-0.2, 0) is 6.54 Å². The largest absolute Gasteiger partial charge is 0.497 e. The Bertz CT molecular complexity index is 961. The molecule has 0 unspecified atom stereocenters. The second-order valence-corrected chi connectivity index (χ2v) is 6.25. The molecule has 1 aromatic heterocycles. The molecule has 0 fully saturated rings. The number of methoxy groups -OCH3 is 2. The van der Waals surface area contributed by atoms with E-state index in [1.807, 2.05) is 24.3 Å². The fourth-order valence-electron chi connectivity index (χ4n) is 2.49. The number of aromatic nitrogens is 1. The zero-order valence-corrected chi connectivity index (χ0v) is 16.2. The Morgan fingerprint density at radius 3 is 2.57 bits per heavy atom. The standard InChI is InChI=1S/C21H19ClN2O4/c1-26-16-4-3-5-17(11-16)28-20-9-6-14(12-23-20)13-24-21(25)18-8-7-15(22)10-19(18)27-2/h3-12H,13H2,1-2H3,(H,24,25). The van der Waals surface area contributed by atoms with E-state index in [0.29, 0.717) is 40.3 Å². The van der Waals surface area contributed by atoms with Gasteiger partial charge in [0.05, 0.1) is 19.8 Å². The van der Waals surface area contributed by atoms with Gasteiger partial charge in [-0.3, -0.25) is 4.79 Å². The summed E-state index contributed by atoms with van der Waals surface area (Å²) in [6, 6.07) is 15.7. The summed E-state index contributed by atoms with van der Waals surface area (Å²) in [5, 5.41) is 3.34. The number of rotatable bonds is 7.